The fraction of sp³-hybridized carbons (Fsp3) is 1.00. The highest BCUT2D eigenvalue weighted by Gasteiger charge is 2.41. The highest BCUT2D eigenvalue weighted by Crippen LogP contribution is 2.32. The zero-order chi connectivity index (χ0) is 13.9. The van der Waals surface area contributed by atoms with Crippen molar-refractivity contribution in [3.63, 3.8) is 0 Å². The first-order valence-corrected chi connectivity index (χ1v) is 6.41. The molecule has 0 N–H and O–H groups in total. The Hall–Kier alpha value is -0.240. The third-order valence-electron chi connectivity index (χ3n) is 3.11. The lowest BCUT2D eigenvalue weighted by molar-refractivity contribution is -0.542. The minimum absolute atomic E-state index is 0.548. The van der Waals surface area contributed by atoms with Crippen LogP contribution in [0.3, 0.4) is 0 Å². The van der Waals surface area contributed by atoms with Gasteiger partial charge in [-0.1, -0.05) is 20.8 Å². The zero-order valence-corrected chi connectivity index (χ0v) is 12.1. The van der Waals surface area contributed by atoms with Gasteiger partial charge in [-0.25, -0.2) is 0 Å². The van der Waals surface area contributed by atoms with Crippen LogP contribution in [-0.2, 0) is 29.3 Å². The Morgan fingerprint density at radius 3 is 0.778 bits per heavy atom. The van der Waals surface area contributed by atoms with Crippen LogP contribution in [0.1, 0.15) is 60.8 Å². The Bertz CT molecular complexity index is 212. The van der Waals surface area contributed by atoms with Crippen LogP contribution < -0.4 is 0 Å². The molecule has 0 spiro atoms. The summed E-state index contributed by atoms with van der Waals surface area (Å²) in [5.41, 5.74) is 0. The molecular formula is C12H24O6. The summed E-state index contributed by atoms with van der Waals surface area (Å²) in [6.45, 7) is 10.9. The molecule has 1 saturated heterocycles. The molecule has 1 rings (SSSR count). The Morgan fingerprint density at radius 2 is 0.667 bits per heavy atom. The van der Waals surface area contributed by atoms with Crippen molar-refractivity contribution in [1.29, 1.82) is 0 Å². The van der Waals surface area contributed by atoms with Crippen molar-refractivity contribution in [2.75, 3.05) is 0 Å². The molecule has 1 heterocycles. The minimum Gasteiger partial charge on any atom is -0.195 e. The molecule has 1 aliphatic heterocycles. The number of hydrogen-bond acceptors (Lipinski definition) is 6. The van der Waals surface area contributed by atoms with Crippen molar-refractivity contribution < 1.29 is 29.3 Å². The van der Waals surface area contributed by atoms with Crippen LogP contribution >= 0.6 is 0 Å². The third kappa shape index (κ3) is 3.88. The third-order valence-corrected chi connectivity index (χ3v) is 3.11. The first-order chi connectivity index (χ1) is 8.30. The average molecular weight is 264 g/mol. The highest BCUT2D eigenvalue weighted by atomic mass is 17.4. The molecule has 0 unspecified atom stereocenters. The van der Waals surface area contributed by atoms with E-state index in [1.807, 2.05) is 20.8 Å². The molecule has 6 nitrogen and oxygen atoms in total. The Kier molecular flexibility index (Phi) is 5.11. The predicted molar refractivity (Wildman–Crippen MR) is 62.6 cm³/mol. The largest absolute Gasteiger partial charge is 0.231 e. The number of hydrogen-bond donors (Lipinski definition) is 0. The van der Waals surface area contributed by atoms with Gasteiger partial charge in [-0.05, 0) is 20.8 Å². The van der Waals surface area contributed by atoms with E-state index < -0.39 is 17.4 Å². The maximum absolute atomic E-state index is 5.29. The second-order valence-corrected chi connectivity index (χ2v) is 4.96. The highest BCUT2D eigenvalue weighted by molar-refractivity contribution is 4.62. The normalized spacial score (nSPS) is 43.0. The van der Waals surface area contributed by atoms with Crippen LogP contribution in [0.2, 0.25) is 0 Å². The molecule has 0 aromatic carbocycles. The van der Waals surface area contributed by atoms with Gasteiger partial charge in [0, 0.05) is 19.3 Å². The molecule has 0 atom stereocenters. The Labute approximate surface area is 108 Å². The van der Waals surface area contributed by atoms with Gasteiger partial charge in [0.05, 0.1) is 0 Å². The van der Waals surface area contributed by atoms with Crippen molar-refractivity contribution in [3.05, 3.63) is 0 Å². The van der Waals surface area contributed by atoms with E-state index in [0.29, 0.717) is 19.3 Å². The van der Waals surface area contributed by atoms with Crippen molar-refractivity contribution in [1.82, 2.24) is 0 Å². The zero-order valence-electron chi connectivity index (χ0n) is 12.1. The van der Waals surface area contributed by atoms with Gasteiger partial charge in [0.15, 0.2) is 0 Å². The Morgan fingerprint density at radius 1 is 0.500 bits per heavy atom. The molecule has 108 valence electrons. The summed E-state index contributed by atoms with van der Waals surface area (Å²) < 4.78 is 0. The van der Waals surface area contributed by atoms with Crippen molar-refractivity contribution in [2.45, 2.75) is 78.2 Å². The lowest BCUT2D eigenvalue weighted by atomic mass is 10.2. The van der Waals surface area contributed by atoms with Crippen LogP contribution in [0.5, 0.6) is 0 Å². The summed E-state index contributed by atoms with van der Waals surface area (Å²) in [7, 11) is 0. The van der Waals surface area contributed by atoms with E-state index in [4.69, 9.17) is 29.3 Å². The van der Waals surface area contributed by atoms with Crippen LogP contribution in [0.25, 0.3) is 0 Å². The van der Waals surface area contributed by atoms with Gasteiger partial charge in [-0.3, -0.25) is 0 Å². The maximum atomic E-state index is 5.29. The molecule has 0 saturated carbocycles. The predicted octanol–water partition coefficient (Wildman–Crippen LogP) is 3.22. The van der Waals surface area contributed by atoms with Crippen molar-refractivity contribution in [3.8, 4) is 0 Å². The molecule has 0 radical (unpaired) electrons. The SMILES string of the molecule is CCC1(C)OOC(C)(CC)OOC(C)(CC)OO1. The summed E-state index contributed by atoms with van der Waals surface area (Å²) in [6, 6.07) is 0. The van der Waals surface area contributed by atoms with Crippen molar-refractivity contribution >= 4 is 0 Å². The molecule has 0 aromatic rings. The van der Waals surface area contributed by atoms with E-state index in [1.165, 1.54) is 0 Å². The van der Waals surface area contributed by atoms with E-state index in [-0.39, 0.29) is 0 Å². The van der Waals surface area contributed by atoms with E-state index in [0.717, 1.165) is 0 Å². The lowest BCUT2D eigenvalue weighted by Crippen LogP contribution is -2.37. The van der Waals surface area contributed by atoms with Gasteiger partial charge in [0.1, 0.15) is 0 Å². The van der Waals surface area contributed by atoms with Crippen LogP contribution in [0.4, 0.5) is 0 Å². The molecule has 1 fully saturated rings. The molecular weight excluding hydrogens is 240 g/mol. The summed E-state index contributed by atoms with van der Waals surface area (Å²) in [5, 5.41) is 0. The molecule has 0 aromatic heterocycles. The van der Waals surface area contributed by atoms with E-state index in [2.05, 4.69) is 0 Å². The van der Waals surface area contributed by atoms with Gasteiger partial charge >= 0.3 is 0 Å². The Balaban J connectivity index is 2.88. The van der Waals surface area contributed by atoms with Gasteiger partial charge in [-0.2, -0.15) is 29.3 Å². The topological polar surface area (TPSA) is 55.4 Å². The summed E-state index contributed by atoms with van der Waals surface area (Å²) in [5.74, 6) is -3.03. The standard InChI is InChI=1S/C12H24O6/c1-7-10(4)13-15-11(5,8-2)17-18-12(6,9-3)16-14-10/h7-9H2,1-6H3. The van der Waals surface area contributed by atoms with Gasteiger partial charge < -0.3 is 0 Å². The fourth-order valence-corrected chi connectivity index (χ4v) is 0.924. The van der Waals surface area contributed by atoms with Crippen LogP contribution in [-0.4, -0.2) is 17.4 Å². The second kappa shape index (κ2) is 5.81. The summed E-state index contributed by atoms with van der Waals surface area (Å²) in [4.78, 5) is 31.8. The van der Waals surface area contributed by atoms with Gasteiger partial charge in [0.25, 0.3) is 0 Å². The van der Waals surface area contributed by atoms with Crippen LogP contribution in [0.15, 0.2) is 0 Å². The fourth-order valence-electron chi connectivity index (χ4n) is 0.924. The first-order valence-electron chi connectivity index (χ1n) is 6.41. The van der Waals surface area contributed by atoms with Crippen LogP contribution in [0, 0.1) is 0 Å². The van der Waals surface area contributed by atoms with E-state index in [9.17, 15) is 0 Å². The smallest absolute Gasteiger partial charge is 0.195 e. The molecule has 0 amide bonds. The second-order valence-electron chi connectivity index (χ2n) is 4.96. The quantitative estimate of drug-likeness (QED) is 0.729. The van der Waals surface area contributed by atoms with E-state index >= 15 is 0 Å². The van der Waals surface area contributed by atoms with Gasteiger partial charge in [0.2, 0.25) is 17.4 Å². The molecule has 0 bridgehead atoms. The van der Waals surface area contributed by atoms with Gasteiger partial charge in [-0.15, -0.1) is 0 Å². The number of rotatable bonds is 3. The lowest BCUT2D eigenvalue weighted by Gasteiger charge is -2.29. The average Bonchev–Trinajstić information content (AvgIpc) is 2.44. The maximum Gasteiger partial charge on any atom is 0.231 e. The molecule has 1 aliphatic rings. The first kappa shape index (κ1) is 15.8. The molecule has 0 aliphatic carbocycles. The summed E-state index contributed by atoms with van der Waals surface area (Å²) >= 11 is 0. The van der Waals surface area contributed by atoms with E-state index in [1.54, 1.807) is 20.8 Å². The minimum atomic E-state index is -1.01. The molecule has 18 heavy (non-hydrogen) atoms. The summed E-state index contributed by atoms with van der Waals surface area (Å²) in [6.07, 6.45) is 1.64. The monoisotopic (exact) mass is 264 g/mol. The van der Waals surface area contributed by atoms with Crippen molar-refractivity contribution in [2.24, 2.45) is 0 Å². The molecule has 6 heteroatoms.